The normalized spacial score (nSPS) is 17.4. The SMILES string of the molecule is Oc1c(Cl)cc(NC2CCNCC2)cc1Cl. The van der Waals surface area contributed by atoms with Crippen molar-refractivity contribution in [2.24, 2.45) is 0 Å². The highest BCUT2D eigenvalue weighted by Gasteiger charge is 2.14. The number of anilines is 1. The summed E-state index contributed by atoms with van der Waals surface area (Å²) >= 11 is 11.7. The second-order valence-corrected chi connectivity index (χ2v) is 4.77. The van der Waals surface area contributed by atoms with E-state index in [2.05, 4.69) is 10.6 Å². The Bertz CT molecular complexity index is 355. The fraction of sp³-hybridized carbons (Fsp3) is 0.455. The van der Waals surface area contributed by atoms with E-state index in [0.29, 0.717) is 6.04 Å². The topological polar surface area (TPSA) is 44.3 Å². The van der Waals surface area contributed by atoms with Crippen LogP contribution >= 0.6 is 23.2 Å². The van der Waals surface area contributed by atoms with Crippen LogP contribution in [0.4, 0.5) is 5.69 Å². The molecule has 0 unspecified atom stereocenters. The van der Waals surface area contributed by atoms with E-state index in [4.69, 9.17) is 23.2 Å². The van der Waals surface area contributed by atoms with Crippen molar-refractivity contribution in [1.82, 2.24) is 5.32 Å². The Morgan fingerprint density at radius 1 is 1.19 bits per heavy atom. The number of aromatic hydroxyl groups is 1. The molecule has 0 atom stereocenters. The fourth-order valence-electron chi connectivity index (χ4n) is 1.85. The molecule has 2 rings (SSSR count). The second kappa shape index (κ2) is 5.13. The third-order valence-corrected chi connectivity index (χ3v) is 3.30. The molecule has 0 spiro atoms. The van der Waals surface area contributed by atoms with Crippen LogP contribution in [-0.4, -0.2) is 24.2 Å². The lowest BCUT2D eigenvalue weighted by Crippen LogP contribution is -2.35. The first kappa shape index (κ1) is 11.8. The molecule has 1 aliphatic heterocycles. The van der Waals surface area contributed by atoms with E-state index >= 15 is 0 Å². The number of phenols is 1. The summed E-state index contributed by atoms with van der Waals surface area (Å²) < 4.78 is 0. The van der Waals surface area contributed by atoms with Gasteiger partial charge < -0.3 is 15.7 Å². The van der Waals surface area contributed by atoms with Gasteiger partial charge in [0.05, 0.1) is 10.0 Å². The number of halogens is 2. The first-order chi connectivity index (χ1) is 7.66. The van der Waals surface area contributed by atoms with E-state index in [1.165, 1.54) is 0 Å². The molecule has 0 aliphatic carbocycles. The molecule has 1 fully saturated rings. The number of rotatable bonds is 2. The predicted molar refractivity (Wildman–Crippen MR) is 67.6 cm³/mol. The average molecular weight is 261 g/mol. The Morgan fingerprint density at radius 2 is 1.75 bits per heavy atom. The zero-order valence-corrected chi connectivity index (χ0v) is 10.3. The average Bonchev–Trinajstić information content (AvgIpc) is 2.27. The van der Waals surface area contributed by atoms with Crippen molar-refractivity contribution in [2.75, 3.05) is 18.4 Å². The molecule has 0 saturated carbocycles. The van der Waals surface area contributed by atoms with Gasteiger partial charge in [-0.1, -0.05) is 23.2 Å². The van der Waals surface area contributed by atoms with Gasteiger partial charge in [-0.2, -0.15) is 0 Å². The van der Waals surface area contributed by atoms with Crippen LogP contribution in [-0.2, 0) is 0 Å². The number of piperidine rings is 1. The lowest BCUT2D eigenvalue weighted by Gasteiger charge is -2.25. The maximum absolute atomic E-state index is 9.43. The van der Waals surface area contributed by atoms with Gasteiger partial charge in [0.25, 0.3) is 0 Å². The highest BCUT2D eigenvalue weighted by molar-refractivity contribution is 6.37. The minimum absolute atomic E-state index is 0.0563. The summed E-state index contributed by atoms with van der Waals surface area (Å²) in [6.07, 6.45) is 2.16. The Kier molecular flexibility index (Phi) is 3.79. The Balaban J connectivity index is 2.09. The predicted octanol–water partition coefficient (Wildman–Crippen LogP) is 2.86. The molecule has 0 bridgehead atoms. The summed E-state index contributed by atoms with van der Waals surface area (Å²) in [4.78, 5) is 0. The van der Waals surface area contributed by atoms with E-state index in [9.17, 15) is 5.11 Å². The van der Waals surface area contributed by atoms with E-state index in [-0.39, 0.29) is 15.8 Å². The molecular weight excluding hydrogens is 247 g/mol. The van der Waals surface area contributed by atoms with Gasteiger partial charge >= 0.3 is 0 Å². The molecule has 0 aromatic heterocycles. The number of phenolic OH excluding ortho intramolecular Hbond substituents is 1. The number of benzene rings is 1. The quantitative estimate of drug-likeness (QED) is 0.717. The third kappa shape index (κ3) is 2.73. The molecule has 3 N–H and O–H groups in total. The Morgan fingerprint density at radius 3 is 2.31 bits per heavy atom. The van der Waals surface area contributed by atoms with Crippen LogP contribution in [0, 0.1) is 0 Å². The van der Waals surface area contributed by atoms with Crippen molar-refractivity contribution in [2.45, 2.75) is 18.9 Å². The van der Waals surface area contributed by atoms with Crippen molar-refractivity contribution >= 4 is 28.9 Å². The van der Waals surface area contributed by atoms with Gasteiger partial charge in [0.2, 0.25) is 0 Å². The van der Waals surface area contributed by atoms with Crippen LogP contribution in [0.3, 0.4) is 0 Å². The summed E-state index contributed by atoms with van der Waals surface area (Å²) in [6.45, 7) is 2.05. The van der Waals surface area contributed by atoms with Crippen molar-refractivity contribution in [1.29, 1.82) is 0 Å². The Hall–Kier alpha value is -0.640. The maximum Gasteiger partial charge on any atom is 0.152 e. The molecule has 3 nitrogen and oxygen atoms in total. The fourth-order valence-corrected chi connectivity index (χ4v) is 2.34. The molecule has 5 heteroatoms. The first-order valence-corrected chi connectivity index (χ1v) is 6.07. The highest BCUT2D eigenvalue weighted by atomic mass is 35.5. The largest absolute Gasteiger partial charge is 0.505 e. The first-order valence-electron chi connectivity index (χ1n) is 5.32. The van der Waals surface area contributed by atoms with Gasteiger partial charge in [0.1, 0.15) is 0 Å². The monoisotopic (exact) mass is 260 g/mol. The second-order valence-electron chi connectivity index (χ2n) is 3.96. The van der Waals surface area contributed by atoms with Crippen LogP contribution in [0.25, 0.3) is 0 Å². The minimum Gasteiger partial charge on any atom is -0.505 e. The summed E-state index contributed by atoms with van der Waals surface area (Å²) in [5, 5.41) is 16.7. The molecule has 1 saturated heterocycles. The van der Waals surface area contributed by atoms with Gasteiger partial charge in [-0.3, -0.25) is 0 Å². The van der Waals surface area contributed by atoms with Crippen LogP contribution in [0.5, 0.6) is 5.75 Å². The molecule has 0 radical (unpaired) electrons. The number of hydrogen-bond acceptors (Lipinski definition) is 3. The van der Waals surface area contributed by atoms with Crippen molar-refractivity contribution in [3.8, 4) is 5.75 Å². The van der Waals surface area contributed by atoms with Gasteiger partial charge in [-0.25, -0.2) is 0 Å². The number of nitrogens with one attached hydrogen (secondary N) is 2. The van der Waals surface area contributed by atoms with Crippen LogP contribution < -0.4 is 10.6 Å². The molecule has 1 aliphatic rings. The van der Waals surface area contributed by atoms with E-state index in [1.54, 1.807) is 12.1 Å². The lowest BCUT2D eigenvalue weighted by atomic mass is 10.1. The molecule has 1 aromatic rings. The Labute approximate surface area is 105 Å². The molecule has 16 heavy (non-hydrogen) atoms. The van der Waals surface area contributed by atoms with E-state index < -0.39 is 0 Å². The summed E-state index contributed by atoms with van der Waals surface area (Å²) in [5.41, 5.74) is 0.861. The van der Waals surface area contributed by atoms with E-state index in [1.807, 2.05) is 0 Å². The van der Waals surface area contributed by atoms with Crippen molar-refractivity contribution < 1.29 is 5.11 Å². The standard InChI is InChI=1S/C11H14Cl2N2O/c12-9-5-8(6-10(13)11(9)16)15-7-1-3-14-4-2-7/h5-7,14-16H,1-4H2. The highest BCUT2D eigenvalue weighted by Crippen LogP contribution is 2.35. The zero-order valence-electron chi connectivity index (χ0n) is 8.76. The molecular formula is C11H14Cl2N2O. The molecule has 0 amide bonds. The molecule has 88 valence electrons. The van der Waals surface area contributed by atoms with Crippen LogP contribution in [0.1, 0.15) is 12.8 Å². The van der Waals surface area contributed by atoms with Crippen LogP contribution in [0.15, 0.2) is 12.1 Å². The summed E-state index contributed by atoms with van der Waals surface area (Å²) in [6, 6.07) is 3.84. The van der Waals surface area contributed by atoms with Gasteiger partial charge in [-0.05, 0) is 38.1 Å². The van der Waals surface area contributed by atoms with Crippen molar-refractivity contribution in [3.05, 3.63) is 22.2 Å². The molecule has 1 heterocycles. The summed E-state index contributed by atoms with van der Waals surface area (Å²) in [7, 11) is 0. The van der Waals surface area contributed by atoms with E-state index in [0.717, 1.165) is 31.6 Å². The van der Waals surface area contributed by atoms with Gasteiger partial charge in [-0.15, -0.1) is 0 Å². The zero-order chi connectivity index (χ0) is 11.5. The molecule has 1 aromatic carbocycles. The van der Waals surface area contributed by atoms with Crippen molar-refractivity contribution in [3.63, 3.8) is 0 Å². The van der Waals surface area contributed by atoms with Gasteiger partial charge in [0.15, 0.2) is 5.75 Å². The third-order valence-electron chi connectivity index (χ3n) is 2.73. The minimum atomic E-state index is -0.0563. The maximum atomic E-state index is 9.43. The van der Waals surface area contributed by atoms with Crippen LogP contribution in [0.2, 0.25) is 10.0 Å². The summed E-state index contributed by atoms with van der Waals surface area (Å²) in [5.74, 6) is -0.0563. The van der Waals surface area contributed by atoms with Gasteiger partial charge in [0, 0.05) is 11.7 Å². The number of hydrogen-bond donors (Lipinski definition) is 3. The lowest BCUT2D eigenvalue weighted by molar-refractivity contribution is 0.474. The smallest absolute Gasteiger partial charge is 0.152 e.